The average Bonchev–Trinajstić information content (AvgIpc) is 3.13. The van der Waals surface area contributed by atoms with Crippen molar-refractivity contribution in [2.45, 2.75) is 58.7 Å². The summed E-state index contributed by atoms with van der Waals surface area (Å²) in [4.78, 5) is 7.13. The Hall–Kier alpha value is -1.20. The molecule has 0 bridgehead atoms. The number of likely N-dealkylation sites (tertiary alicyclic amines) is 1. The van der Waals surface area contributed by atoms with Crippen LogP contribution in [0.15, 0.2) is 17.8 Å². The molecule has 114 valence electrons. The molecule has 2 aromatic rings. The van der Waals surface area contributed by atoms with Crippen LogP contribution in [0.1, 0.15) is 54.9 Å². The summed E-state index contributed by atoms with van der Waals surface area (Å²) < 4.78 is 2.14. The van der Waals surface area contributed by atoms with Gasteiger partial charge in [-0.15, -0.1) is 11.3 Å². The van der Waals surface area contributed by atoms with Crippen molar-refractivity contribution in [1.29, 1.82) is 0 Å². The van der Waals surface area contributed by atoms with Gasteiger partial charge in [-0.25, -0.2) is 4.98 Å². The Morgan fingerprint density at radius 2 is 2.29 bits per heavy atom. The van der Waals surface area contributed by atoms with Crippen LogP contribution in [0.2, 0.25) is 0 Å². The summed E-state index contributed by atoms with van der Waals surface area (Å²) >= 11 is 1.79. The van der Waals surface area contributed by atoms with Crippen LogP contribution in [0.4, 0.5) is 0 Å². The summed E-state index contributed by atoms with van der Waals surface area (Å²) in [7, 11) is 0. The fourth-order valence-electron chi connectivity index (χ4n) is 3.16. The molecule has 1 aliphatic heterocycles. The first-order valence-corrected chi connectivity index (χ1v) is 8.82. The molecule has 0 amide bonds. The maximum Gasteiger partial charge on any atom is 0.110 e. The Balaban J connectivity index is 1.75. The Labute approximate surface area is 130 Å². The molecule has 0 aliphatic carbocycles. The molecular weight excluding hydrogens is 280 g/mol. The Kier molecular flexibility index (Phi) is 4.70. The molecular formula is C16H24N4S. The van der Waals surface area contributed by atoms with Gasteiger partial charge in [0.25, 0.3) is 0 Å². The molecule has 1 fully saturated rings. The summed E-state index contributed by atoms with van der Waals surface area (Å²) in [5.41, 5.74) is 2.69. The van der Waals surface area contributed by atoms with E-state index in [4.69, 9.17) is 0 Å². The lowest BCUT2D eigenvalue weighted by molar-refractivity contribution is 0.140. The van der Waals surface area contributed by atoms with Crippen molar-refractivity contribution in [3.8, 4) is 0 Å². The third-order valence-electron chi connectivity index (χ3n) is 4.36. The van der Waals surface area contributed by atoms with Crippen LogP contribution in [-0.2, 0) is 13.1 Å². The zero-order valence-electron chi connectivity index (χ0n) is 13.0. The predicted octanol–water partition coefficient (Wildman–Crippen LogP) is 3.79. The van der Waals surface area contributed by atoms with Crippen molar-refractivity contribution >= 4 is 11.3 Å². The first kappa shape index (κ1) is 14.7. The van der Waals surface area contributed by atoms with Crippen LogP contribution in [0.3, 0.4) is 0 Å². The van der Waals surface area contributed by atoms with Gasteiger partial charge in [0.05, 0.1) is 12.2 Å². The summed E-state index contributed by atoms with van der Waals surface area (Å²) in [5.74, 6) is 0. The van der Waals surface area contributed by atoms with E-state index in [2.05, 4.69) is 45.1 Å². The lowest BCUT2D eigenvalue weighted by Crippen LogP contribution is -2.33. The highest BCUT2D eigenvalue weighted by molar-refractivity contribution is 7.09. The van der Waals surface area contributed by atoms with Crippen LogP contribution in [0, 0.1) is 6.92 Å². The maximum atomic E-state index is 4.54. The van der Waals surface area contributed by atoms with E-state index in [0.717, 1.165) is 19.5 Å². The van der Waals surface area contributed by atoms with Crippen LogP contribution in [-0.4, -0.2) is 26.2 Å². The molecule has 3 rings (SSSR count). The third-order valence-corrected chi connectivity index (χ3v) is 5.24. The minimum absolute atomic E-state index is 0.493. The van der Waals surface area contributed by atoms with E-state index in [1.165, 1.54) is 42.1 Å². The average molecular weight is 304 g/mol. The molecule has 0 aromatic carbocycles. The van der Waals surface area contributed by atoms with Gasteiger partial charge in [0.2, 0.25) is 0 Å². The van der Waals surface area contributed by atoms with Crippen molar-refractivity contribution in [3.05, 3.63) is 34.0 Å². The summed E-state index contributed by atoms with van der Waals surface area (Å²) in [6.45, 7) is 7.58. The highest BCUT2D eigenvalue weighted by Crippen LogP contribution is 2.33. The van der Waals surface area contributed by atoms with Crippen molar-refractivity contribution in [2.24, 2.45) is 0 Å². The Morgan fingerprint density at radius 3 is 3.05 bits per heavy atom. The van der Waals surface area contributed by atoms with Gasteiger partial charge < -0.3 is 0 Å². The van der Waals surface area contributed by atoms with Gasteiger partial charge in [-0.05, 0) is 32.7 Å². The highest BCUT2D eigenvalue weighted by Gasteiger charge is 2.26. The zero-order chi connectivity index (χ0) is 14.7. The van der Waals surface area contributed by atoms with Gasteiger partial charge in [0.1, 0.15) is 5.01 Å². The molecule has 0 radical (unpaired) electrons. The molecule has 0 N–H and O–H groups in total. The number of nitrogens with zero attached hydrogens (tertiary/aromatic N) is 4. The van der Waals surface area contributed by atoms with E-state index in [1.54, 1.807) is 11.3 Å². The van der Waals surface area contributed by atoms with E-state index < -0.39 is 0 Å². The van der Waals surface area contributed by atoms with Crippen molar-refractivity contribution < 1.29 is 0 Å². The molecule has 4 nitrogen and oxygen atoms in total. The fourth-order valence-corrected chi connectivity index (χ4v) is 3.96. The standard InChI is InChI=1S/C16H24N4S/c1-3-8-20-13(2)14(11-18-20)12-19-9-5-4-6-15(19)16-17-7-10-21-16/h7,10-11,15H,3-6,8-9,12H2,1-2H3/t15-/m1/s1. The second-order valence-corrected chi connectivity index (χ2v) is 6.76. The third kappa shape index (κ3) is 3.19. The number of hydrogen-bond donors (Lipinski definition) is 0. The monoisotopic (exact) mass is 304 g/mol. The SMILES string of the molecule is CCCn1ncc(CN2CCCC[C@@H]2c2nccs2)c1C. The van der Waals surface area contributed by atoms with Gasteiger partial charge in [0.15, 0.2) is 0 Å². The normalized spacial score (nSPS) is 20.0. The first-order chi connectivity index (χ1) is 10.3. The molecule has 1 saturated heterocycles. The molecule has 0 saturated carbocycles. The summed E-state index contributed by atoms with van der Waals surface area (Å²) in [6, 6.07) is 0.493. The number of hydrogen-bond acceptors (Lipinski definition) is 4. The fraction of sp³-hybridized carbons (Fsp3) is 0.625. The van der Waals surface area contributed by atoms with E-state index in [1.807, 2.05) is 6.20 Å². The van der Waals surface area contributed by atoms with E-state index in [0.29, 0.717) is 6.04 Å². The molecule has 0 unspecified atom stereocenters. The van der Waals surface area contributed by atoms with E-state index in [9.17, 15) is 0 Å². The topological polar surface area (TPSA) is 34.0 Å². The molecule has 21 heavy (non-hydrogen) atoms. The lowest BCUT2D eigenvalue weighted by atomic mass is 10.0. The Morgan fingerprint density at radius 1 is 1.38 bits per heavy atom. The second kappa shape index (κ2) is 6.71. The smallest absolute Gasteiger partial charge is 0.110 e. The van der Waals surface area contributed by atoms with Crippen LogP contribution < -0.4 is 0 Å². The maximum absolute atomic E-state index is 4.54. The number of rotatable bonds is 5. The largest absolute Gasteiger partial charge is 0.290 e. The van der Waals surface area contributed by atoms with Crippen molar-refractivity contribution in [1.82, 2.24) is 19.7 Å². The van der Waals surface area contributed by atoms with E-state index >= 15 is 0 Å². The molecule has 5 heteroatoms. The number of aryl methyl sites for hydroxylation is 1. The Bertz CT molecular complexity index is 561. The van der Waals surface area contributed by atoms with Gasteiger partial charge in [-0.2, -0.15) is 5.10 Å². The van der Waals surface area contributed by atoms with Crippen LogP contribution in [0.25, 0.3) is 0 Å². The van der Waals surface area contributed by atoms with Crippen molar-refractivity contribution in [3.63, 3.8) is 0 Å². The van der Waals surface area contributed by atoms with Gasteiger partial charge in [-0.1, -0.05) is 13.3 Å². The lowest BCUT2D eigenvalue weighted by Gasteiger charge is -2.34. The number of aromatic nitrogens is 3. The second-order valence-electron chi connectivity index (χ2n) is 5.83. The number of thiazole rings is 1. The molecule has 1 atom stereocenters. The molecule has 0 spiro atoms. The summed E-state index contributed by atoms with van der Waals surface area (Å²) in [5, 5.41) is 7.90. The van der Waals surface area contributed by atoms with Crippen molar-refractivity contribution in [2.75, 3.05) is 6.54 Å². The highest BCUT2D eigenvalue weighted by atomic mass is 32.1. The molecule has 3 heterocycles. The number of piperidine rings is 1. The zero-order valence-corrected chi connectivity index (χ0v) is 13.8. The molecule has 1 aliphatic rings. The molecule has 2 aromatic heterocycles. The minimum Gasteiger partial charge on any atom is -0.290 e. The van der Waals surface area contributed by atoms with Gasteiger partial charge >= 0.3 is 0 Å². The minimum atomic E-state index is 0.493. The first-order valence-electron chi connectivity index (χ1n) is 7.94. The van der Waals surface area contributed by atoms with Crippen LogP contribution in [0.5, 0.6) is 0 Å². The summed E-state index contributed by atoms with van der Waals surface area (Å²) in [6.07, 6.45) is 8.96. The van der Waals surface area contributed by atoms with Gasteiger partial charge in [0, 0.05) is 35.9 Å². The van der Waals surface area contributed by atoms with Gasteiger partial charge in [-0.3, -0.25) is 9.58 Å². The predicted molar refractivity (Wildman–Crippen MR) is 86.4 cm³/mol. The quantitative estimate of drug-likeness (QED) is 0.843. The van der Waals surface area contributed by atoms with Crippen LogP contribution >= 0.6 is 11.3 Å². The van der Waals surface area contributed by atoms with E-state index in [-0.39, 0.29) is 0 Å².